The summed E-state index contributed by atoms with van der Waals surface area (Å²) in [5, 5.41) is 0. The Kier molecular flexibility index (Phi) is 5.04. The molecule has 0 spiro atoms. The van der Waals surface area contributed by atoms with E-state index < -0.39 is 24.0 Å². The summed E-state index contributed by atoms with van der Waals surface area (Å²) in [7, 11) is 2.92. The van der Waals surface area contributed by atoms with Crippen molar-refractivity contribution >= 4 is 5.97 Å². The minimum Gasteiger partial charge on any atom is -0.464 e. The minimum atomic E-state index is -0.737. The first kappa shape index (κ1) is 16.0. The predicted molar refractivity (Wildman–Crippen MR) is 67.7 cm³/mol. The lowest BCUT2D eigenvalue weighted by molar-refractivity contribution is -0.165. The zero-order valence-electron chi connectivity index (χ0n) is 12.5. The average Bonchev–Trinajstić information content (AvgIpc) is 2.94. The molecule has 0 aliphatic carbocycles. The molecule has 1 saturated heterocycles. The molecule has 2 aliphatic rings. The molecule has 0 radical (unpaired) electrons. The van der Waals surface area contributed by atoms with Gasteiger partial charge < -0.3 is 33.2 Å². The van der Waals surface area contributed by atoms with E-state index in [1.807, 2.05) is 0 Å². The third-order valence-corrected chi connectivity index (χ3v) is 2.92. The predicted octanol–water partition coefficient (Wildman–Crippen LogP) is 0.516. The van der Waals surface area contributed by atoms with E-state index in [0.29, 0.717) is 0 Å². The van der Waals surface area contributed by atoms with Crippen LogP contribution < -0.4 is 0 Å². The van der Waals surface area contributed by atoms with E-state index in [-0.39, 0.29) is 31.7 Å². The third kappa shape index (κ3) is 3.65. The fourth-order valence-electron chi connectivity index (χ4n) is 2.08. The van der Waals surface area contributed by atoms with Crippen LogP contribution in [0.5, 0.6) is 0 Å². The van der Waals surface area contributed by atoms with E-state index in [9.17, 15) is 4.79 Å². The highest BCUT2D eigenvalue weighted by Crippen LogP contribution is 2.34. The van der Waals surface area contributed by atoms with Crippen LogP contribution in [-0.4, -0.2) is 58.4 Å². The Morgan fingerprint density at radius 3 is 2.43 bits per heavy atom. The maximum Gasteiger partial charge on any atom is 0.378 e. The number of carbonyl (C=O) groups is 1. The molecule has 0 amide bonds. The van der Waals surface area contributed by atoms with Crippen molar-refractivity contribution in [1.82, 2.24) is 0 Å². The monoisotopic (exact) mass is 304 g/mol. The van der Waals surface area contributed by atoms with Crippen molar-refractivity contribution in [1.29, 1.82) is 0 Å². The minimum absolute atomic E-state index is 0.0350. The molecule has 0 bridgehead atoms. The molecule has 0 aromatic carbocycles. The largest absolute Gasteiger partial charge is 0.464 e. The molecule has 2 atom stereocenters. The average molecular weight is 304 g/mol. The van der Waals surface area contributed by atoms with Crippen molar-refractivity contribution in [2.24, 2.45) is 0 Å². The van der Waals surface area contributed by atoms with E-state index in [4.69, 9.17) is 33.2 Å². The topological polar surface area (TPSA) is 81.7 Å². The van der Waals surface area contributed by atoms with Gasteiger partial charge in [0.05, 0.1) is 6.61 Å². The van der Waals surface area contributed by atoms with Gasteiger partial charge >= 0.3 is 5.97 Å². The summed E-state index contributed by atoms with van der Waals surface area (Å²) >= 11 is 0. The lowest BCUT2D eigenvalue weighted by atomic mass is 10.2. The van der Waals surface area contributed by atoms with E-state index >= 15 is 0 Å². The number of cyclic esters (lactones) is 1. The summed E-state index contributed by atoms with van der Waals surface area (Å²) in [4.78, 5) is 11.9. The van der Waals surface area contributed by atoms with Gasteiger partial charge in [0, 0.05) is 14.2 Å². The maximum atomic E-state index is 11.9. The van der Waals surface area contributed by atoms with Crippen molar-refractivity contribution < 1.29 is 38.0 Å². The number of ether oxygens (including phenoxy) is 7. The second-order valence-corrected chi connectivity index (χ2v) is 4.99. The van der Waals surface area contributed by atoms with Gasteiger partial charge in [0.15, 0.2) is 31.2 Å². The van der Waals surface area contributed by atoms with Crippen LogP contribution in [0.25, 0.3) is 0 Å². The van der Waals surface area contributed by atoms with Crippen LogP contribution in [0, 0.1) is 0 Å². The molecule has 2 aliphatic heterocycles. The Bertz CT molecular complexity index is 416. The normalized spacial score (nSPS) is 27.9. The van der Waals surface area contributed by atoms with Gasteiger partial charge in [-0.25, -0.2) is 4.79 Å². The van der Waals surface area contributed by atoms with Crippen molar-refractivity contribution in [3.63, 3.8) is 0 Å². The molecule has 0 saturated carbocycles. The molecule has 8 heteroatoms. The molecule has 0 aromatic heterocycles. The SMILES string of the molecule is COCOC1=C(OCOC)[C@@H]([C@@H]2COC(C)(C)O2)OC1=O. The summed E-state index contributed by atoms with van der Waals surface area (Å²) < 4.78 is 36.8. The standard InChI is InChI=1S/C13H20O8/c1-13(2)19-5-8(21-13)9-10(17-6-15-3)11(12(14)20-9)18-7-16-4/h8-9H,5-7H2,1-4H3/t8-,9+/m0/s1. The zero-order chi connectivity index (χ0) is 15.5. The second-order valence-electron chi connectivity index (χ2n) is 4.99. The summed E-state index contributed by atoms with van der Waals surface area (Å²) in [5.74, 6) is -1.17. The summed E-state index contributed by atoms with van der Waals surface area (Å²) in [6, 6.07) is 0. The molecule has 0 aromatic rings. The summed E-state index contributed by atoms with van der Waals surface area (Å²) in [6.07, 6.45) is -1.21. The van der Waals surface area contributed by atoms with Crippen LogP contribution in [0.3, 0.4) is 0 Å². The van der Waals surface area contributed by atoms with Crippen molar-refractivity contribution in [3.05, 3.63) is 11.5 Å². The molecule has 0 unspecified atom stereocenters. The van der Waals surface area contributed by atoms with E-state index in [0.717, 1.165) is 0 Å². The smallest absolute Gasteiger partial charge is 0.378 e. The summed E-state index contributed by atoms with van der Waals surface area (Å²) in [6.45, 7) is 3.71. The highest BCUT2D eigenvalue weighted by molar-refractivity contribution is 5.89. The van der Waals surface area contributed by atoms with Gasteiger partial charge in [0.2, 0.25) is 5.76 Å². The van der Waals surface area contributed by atoms with Gasteiger partial charge in [0.1, 0.15) is 6.10 Å². The van der Waals surface area contributed by atoms with Gasteiger partial charge in [-0.2, -0.15) is 0 Å². The number of hydrogen-bond acceptors (Lipinski definition) is 8. The number of methoxy groups -OCH3 is 2. The lowest BCUT2D eigenvalue weighted by Gasteiger charge is -2.21. The Balaban J connectivity index is 2.16. The highest BCUT2D eigenvalue weighted by Gasteiger charge is 2.48. The Morgan fingerprint density at radius 2 is 1.86 bits per heavy atom. The number of esters is 1. The number of hydrogen-bond donors (Lipinski definition) is 0. The summed E-state index contributed by atoms with van der Waals surface area (Å²) in [5.41, 5.74) is 0. The molecular weight excluding hydrogens is 284 g/mol. The molecule has 2 rings (SSSR count). The van der Waals surface area contributed by atoms with Crippen LogP contribution in [0.15, 0.2) is 11.5 Å². The molecule has 8 nitrogen and oxygen atoms in total. The van der Waals surface area contributed by atoms with Crippen LogP contribution in [0.4, 0.5) is 0 Å². The Hall–Kier alpha value is -1.35. The van der Waals surface area contributed by atoms with Gasteiger partial charge in [-0.15, -0.1) is 0 Å². The number of rotatable bonds is 7. The first-order chi connectivity index (χ1) is 9.98. The van der Waals surface area contributed by atoms with Gasteiger partial charge in [-0.3, -0.25) is 0 Å². The number of carbonyl (C=O) groups excluding carboxylic acids is 1. The van der Waals surface area contributed by atoms with Crippen LogP contribution in [0.2, 0.25) is 0 Å². The van der Waals surface area contributed by atoms with Crippen LogP contribution >= 0.6 is 0 Å². The van der Waals surface area contributed by atoms with Gasteiger partial charge in [-0.1, -0.05) is 0 Å². The molecule has 0 N–H and O–H groups in total. The van der Waals surface area contributed by atoms with E-state index in [2.05, 4.69) is 0 Å². The first-order valence-electron chi connectivity index (χ1n) is 6.49. The van der Waals surface area contributed by atoms with E-state index in [1.54, 1.807) is 13.8 Å². The Morgan fingerprint density at radius 1 is 1.19 bits per heavy atom. The fourth-order valence-corrected chi connectivity index (χ4v) is 2.08. The molecule has 120 valence electrons. The van der Waals surface area contributed by atoms with Crippen LogP contribution in [0.1, 0.15) is 13.8 Å². The second kappa shape index (κ2) is 6.61. The van der Waals surface area contributed by atoms with Crippen molar-refractivity contribution in [3.8, 4) is 0 Å². The van der Waals surface area contributed by atoms with Gasteiger partial charge in [0.25, 0.3) is 0 Å². The fraction of sp³-hybridized carbons (Fsp3) is 0.769. The third-order valence-electron chi connectivity index (χ3n) is 2.92. The zero-order valence-corrected chi connectivity index (χ0v) is 12.5. The molecule has 21 heavy (non-hydrogen) atoms. The quantitative estimate of drug-likeness (QED) is 0.497. The van der Waals surface area contributed by atoms with Gasteiger partial charge in [-0.05, 0) is 13.8 Å². The molecule has 2 heterocycles. The maximum absolute atomic E-state index is 11.9. The Labute approximate surface area is 122 Å². The van der Waals surface area contributed by atoms with E-state index in [1.165, 1.54) is 14.2 Å². The highest BCUT2D eigenvalue weighted by atomic mass is 16.8. The van der Waals surface area contributed by atoms with Crippen molar-refractivity contribution in [2.75, 3.05) is 34.4 Å². The molecule has 1 fully saturated rings. The lowest BCUT2D eigenvalue weighted by Crippen LogP contribution is -2.33. The first-order valence-corrected chi connectivity index (χ1v) is 6.49. The molecular formula is C13H20O8. The van der Waals surface area contributed by atoms with Crippen LogP contribution in [-0.2, 0) is 38.0 Å². The van der Waals surface area contributed by atoms with Crippen molar-refractivity contribution in [2.45, 2.75) is 31.8 Å².